The van der Waals surface area contributed by atoms with Crippen LogP contribution in [0.3, 0.4) is 0 Å². The van der Waals surface area contributed by atoms with Gasteiger partial charge in [0.1, 0.15) is 0 Å². The average molecular weight is 104 g/mol. The van der Waals surface area contributed by atoms with Gasteiger partial charge in [-0.15, -0.1) is 0 Å². The molecular weight excluding hydrogens is 96.0 g/mol. The molecule has 0 spiro atoms. The van der Waals surface area contributed by atoms with Gasteiger partial charge in [0.2, 0.25) is 11.7 Å². The molecule has 1 aliphatic heterocycles. The van der Waals surface area contributed by atoms with Gasteiger partial charge in [-0.25, -0.2) is 0 Å². The van der Waals surface area contributed by atoms with Gasteiger partial charge in [0.05, 0.1) is 0 Å². The molecule has 0 aromatic carbocycles. The molecule has 8 N–H and O–H groups in total. The number of rotatable bonds is 0. The lowest BCUT2D eigenvalue weighted by molar-refractivity contribution is 0.272. The SMILES string of the molecule is NC1(N)OC1(N)N. The highest BCUT2D eigenvalue weighted by molar-refractivity contribution is 4.98. The summed E-state index contributed by atoms with van der Waals surface area (Å²) in [5.74, 6) is -2.60. The van der Waals surface area contributed by atoms with Crippen LogP contribution in [0.5, 0.6) is 0 Å². The van der Waals surface area contributed by atoms with E-state index in [0.717, 1.165) is 0 Å². The molecular formula is C2H8N4O. The van der Waals surface area contributed by atoms with Crippen molar-refractivity contribution in [2.24, 2.45) is 22.9 Å². The van der Waals surface area contributed by atoms with Gasteiger partial charge in [0.25, 0.3) is 0 Å². The van der Waals surface area contributed by atoms with Crippen LogP contribution in [0.15, 0.2) is 0 Å². The summed E-state index contributed by atoms with van der Waals surface area (Å²) in [6, 6.07) is 0. The van der Waals surface area contributed by atoms with Crippen LogP contribution in [0.2, 0.25) is 0 Å². The summed E-state index contributed by atoms with van der Waals surface area (Å²) >= 11 is 0. The predicted octanol–water partition coefficient (Wildman–Crippen LogP) is -2.84. The van der Waals surface area contributed by atoms with Crippen molar-refractivity contribution in [2.75, 3.05) is 0 Å². The van der Waals surface area contributed by atoms with E-state index in [9.17, 15) is 0 Å². The highest BCUT2D eigenvalue weighted by atomic mass is 16.7. The molecule has 0 radical (unpaired) electrons. The maximum absolute atomic E-state index is 5.05. The zero-order valence-corrected chi connectivity index (χ0v) is 3.72. The van der Waals surface area contributed by atoms with E-state index in [2.05, 4.69) is 4.74 Å². The van der Waals surface area contributed by atoms with E-state index in [4.69, 9.17) is 22.9 Å². The van der Waals surface area contributed by atoms with Gasteiger partial charge in [-0.1, -0.05) is 0 Å². The van der Waals surface area contributed by atoms with Crippen LogP contribution >= 0.6 is 0 Å². The number of nitrogens with two attached hydrogens (primary N) is 4. The van der Waals surface area contributed by atoms with E-state index in [1.54, 1.807) is 0 Å². The first-order valence-electron chi connectivity index (χ1n) is 1.81. The molecule has 0 aliphatic carbocycles. The summed E-state index contributed by atoms with van der Waals surface area (Å²) in [4.78, 5) is 0. The second-order valence-electron chi connectivity index (χ2n) is 1.69. The maximum Gasteiger partial charge on any atom is 0.231 e. The highest BCUT2D eigenvalue weighted by Crippen LogP contribution is 2.26. The molecule has 1 rings (SSSR count). The molecule has 7 heavy (non-hydrogen) atoms. The van der Waals surface area contributed by atoms with Gasteiger partial charge in [0, 0.05) is 0 Å². The first kappa shape index (κ1) is 4.95. The molecule has 0 saturated carbocycles. The quantitative estimate of drug-likeness (QED) is 0.195. The molecule has 0 bridgehead atoms. The van der Waals surface area contributed by atoms with Crippen LogP contribution in [-0.4, -0.2) is 11.7 Å². The summed E-state index contributed by atoms with van der Waals surface area (Å²) in [6.45, 7) is 0. The minimum atomic E-state index is -1.30. The van der Waals surface area contributed by atoms with Crippen LogP contribution < -0.4 is 22.9 Å². The van der Waals surface area contributed by atoms with Gasteiger partial charge < -0.3 is 4.74 Å². The molecule has 0 aromatic rings. The summed E-state index contributed by atoms with van der Waals surface area (Å²) in [6.07, 6.45) is 0. The Morgan fingerprint density at radius 2 is 1.00 bits per heavy atom. The Bertz CT molecular complexity index is 85.9. The molecule has 0 unspecified atom stereocenters. The molecule has 0 atom stereocenters. The third kappa shape index (κ3) is 0.511. The summed E-state index contributed by atoms with van der Waals surface area (Å²) in [5.41, 5.74) is 20.2. The molecule has 1 fully saturated rings. The highest BCUT2D eigenvalue weighted by Gasteiger charge is 2.61. The minimum Gasteiger partial charge on any atom is -0.302 e. The Balaban J connectivity index is 2.59. The van der Waals surface area contributed by atoms with Crippen molar-refractivity contribution in [3.63, 3.8) is 0 Å². The molecule has 42 valence electrons. The lowest BCUT2D eigenvalue weighted by Gasteiger charge is -1.96. The van der Waals surface area contributed by atoms with E-state index in [0.29, 0.717) is 0 Å². The van der Waals surface area contributed by atoms with Gasteiger partial charge in [-0.2, -0.15) is 0 Å². The predicted molar refractivity (Wildman–Crippen MR) is 23.3 cm³/mol. The van der Waals surface area contributed by atoms with Crippen molar-refractivity contribution in [2.45, 2.75) is 11.7 Å². The Morgan fingerprint density at radius 3 is 1.00 bits per heavy atom. The summed E-state index contributed by atoms with van der Waals surface area (Å²) < 4.78 is 4.40. The fourth-order valence-electron chi connectivity index (χ4n) is 0.254. The van der Waals surface area contributed by atoms with Gasteiger partial charge >= 0.3 is 0 Å². The van der Waals surface area contributed by atoms with E-state index in [-0.39, 0.29) is 0 Å². The van der Waals surface area contributed by atoms with Crippen molar-refractivity contribution in [3.8, 4) is 0 Å². The Morgan fingerprint density at radius 1 is 0.857 bits per heavy atom. The van der Waals surface area contributed by atoms with E-state index >= 15 is 0 Å². The van der Waals surface area contributed by atoms with Gasteiger partial charge in [-0.3, -0.25) is 22.9 Å². The zero-order chi connectivity index (χ0) is 5.71. The standard InChI is InChI=1S/C2H8N4O/c3-1(4)2(5,6)7-1/h3-6H2. The van der Waals surface area contributed by atoms with Gasteiger partial charge in [-0.05, 0) is 0 Å². The molecule has 1 saturated heterocycles. The zero-order valence-electron chi connectivity index (χ0n) is 3.72. The van der Waals surface area contributed by atoms with Crippen molar-refractivity contribution >= 4 is 0 Å². The number of hydrogen-bond donors (Lipinski definition) is 4. The van der Waals surface area contributed by atoms with Crippen molar-refractivity contribution in [1.82, 2.24) is 0 Å². The lowest BCUT2D eigenvalue weighted by Crippen LogP contribution is -2.53. The topological polar surface area (TPSA) is 117 Å². The van der Waals surface area contributed by atoms with Crippen LogP contribution in [0.1, 0.15) is 0 Å². The smallest absolute Gasteiger partial charge is 0.231 e. The van der Waals surface area contributed by atoms with Crippen molar-refractivity contribution in [3.05, 3.63) is 0 Å². The molecule has 1 aliphatic rings. The summed E-state index contributed by atoms with van der Waals surface area (Å²) in [7, 11) is 0. The lowest BCUT2D eigenvalue weighted by atomic mass is 10.4. The molecule has 5 heteroatoms. The summed E-state index contributed by atoms with van der Waals surface area (Å²) in [5, 5.41) is 0. The minimum absolute atomic E-state index is 1.30. The molecule has 0 amide bonds. The van der Waals surface area contributed by atoms with Crippen LogP contribution in [0.4, 0.5) is 0 Å². The first-order chi connectivity index (χ1) is 2.96. The Hall–Kier alpha value is -0.200. The van der Waals surface area contributed by atoms with E-state index in [1.165, 1.54) is 0 Å². The van der Waals surface area contributed by atoms with Crippen LogP contribution in [-0.2, 0) is 4.74 Å². The number of ether oxygens (including phenoxy) is 1. The largest absolute Gasteiger partial charge is 0.302 e. The van der Waals surface area contributed by atoms with Gasteiger partial charge in [0.15, 0.2) is 0 Å². The fourth-order valence-corrected chi connectivity index (χ4v) is 0.254. The average Bonchev–Trinajstić information content (AvgIpc) is 1.63. The van der Waals surface area contributed by atoms with Crippen LogP contribution in [0, 0.1) is 0 Å². The first-order valence-corrected chi connectivity index (χ1v) is 1.81. The van der Waals surface area contributed by atoms with E-state index in [1.807, 2.05) is 0 Å². The fraction of sp³-hybridized carbons (Fsp3) is 1.00. The van der Waals surface area contributed by atoms with E-state index < -0.39 is 11.7 Å². The molecule has 1 heterocycles. The normalized spacial score (nSPS) is 32.6. The second-order valence-corrected chi connectivity index (χ2v) is 1.69. The number of hydrogen-bond acceptors (Lipinski definition) is 5. The third-order valence-electron chi connectivity index (χ3n) is 0.907. The monoisotopic (exact) mass is 104 g/mol. The Labute approximate surface area is 40.6 Å². The van der Waals surface area contributed by atoms with Crippen molar-refractivity contribution in [1.29, 1.82) is 0 Å². The second kappa shape index (κ2) is 0.816. The number of epoxide rings is 1. The third-order valence-corrected chi connectivity index (χ3v) is 0.907. The van der Waals surface area contributed by atoms with Crippen molar-refractivity contribution < 1.29 is 4.74 Å². The maximum atomic E-state index is 5.05. The molecule has 0 aromatic heterocycles. The Kier molecular flexibility index (Phi) is 0.576. The molecule has 5 nitrogen and oxygen atoms in total. The van der Waals surface area contributed by atoms with Crippen LogP contribution in [0.25, 0.3) is 0 Å².